The number of hydrogen-bond acceptors (Lipinski definition) is 3. The number of aryl methyl sites for hydroxylation is 1. The maximum atomic E-state index is 13.2. The van der Waals surface area contributed by atoms with E-state index in [1.807, 2.05) is 19.1 Å². The Morgan fingerprint density at radius 2 is 1.70 bits per heavy atom. The summed E-state index contributed by atoms with van der Waals surface area (Å²) in [6.45, 7) is 2.38. The largest absolute Gasteiger partial charge is 0.484 e. The molecule has 0 atom stereocenters. The number of alkyl halides is 3. The van der Waals surface area contributed by atoms with Gasteiger partial charge in [-0.1, -0.05) is 29.8 Å². The molecule has 0 spiro atoms. The van der Waals surface area contributed by atoms with Gasteiger partial charge in [-0.3, -0.25) is 9.59 Å². The summed E-state index contributed by atoms with van der Waals surface area (Å²) in [7, 11) is 0. The monoisotopic (exact) mass is 420 g/mol. The fraction of sp³-hybridized carbons (Fsp3) is 0.364. The first-order chi connectivity index (χ1) is 14.2. The van der Waals surface area contributed by atoms with E-state index >= 15 is 0 Å². The molecule has 160 valence electrons. The summed E-state index contributed by atoms with van der Waals surface area (Å²) in [6.07, 6.45) is -3.65. The SMILES string of the molecule is Cc1ccc(OCC(=O)NC2CCN(C(=O)c3ccccc3C(F)(F)F)CC2)cc1. The standard InChI is InChI=1S/C22H23F3N2O3/c1-15-6-8-17(9-7-15)30-14-20(28)26-16-10-12-27(13-11-16)21(29)18-4-2-3-5-19(18)22(23,24)25/h2-9,16H,10-14H2,1H3,(H,26,28). The minimum Gasteiger partial charge on any atom is -0.484 e. The predicted octanol–water partition coefficient (Wildman–Crippen LogP) is 3.81. The van der Waals surface area contributed by atoms with Gasteiger partial charge in [-0.05, 0) is 44.0 Å². The number of benzene rings is 2. The molecule has 0 radical (unpaired) electrons. The third-order valence-electron chi connectivity index (χ3n) is 5.00. The Morgan fingerprint density at radius 1 is 1.07 bits per heavy atom. The molecule has 5 nitrogen and oxygen atoms in total. The summed E-state index contributed by atoms with van der Waals surface area (Å²) in [4.78, 5) is 26.1. The molecular formula is C22H23F3N2O3. The maximum absolute atomic E-state index is 13.2. The molecule has 2 aromatic carbocycles. The smallest absolute Gasteiger partial charge is 0.417 e. The highest BCUT2D eigenvalue weighted by Gasteiger charge is 2.36. The van der Waals surface area contributed by atoms with Crippen LogP contribution in [0.2, 0.25) is 0 Å². The van der Waals surface area contributed by atoms with Gasteiger partial charge in [0.05, 0.1) is 11.1 Å². The van der Waals surface area contributed by atoms with Gasteiger partial charge in [0.25, 0.3) is 11.8 Å². The second-order valence-corrected chi connectivity index (χ2v) is 7.28. The maximum Gasteiger partial charge on any atom is 0.417 e. The average molecular weight is 420 g/mol. The molecule has 1 aliphatic rings. The molecule has 30 heavy (non-hydrogen) atoms. The summed E-state index contributed by atoms with van der Waals surface area (Å²) < 4.78 is 44.9. The van der Waals surface area contributed by atoms with Crippen LogP contribution in [0.1, 0.15) is 34.3 Å². The summed E-state index contributed by atoms with van der Waals surface area (Å²) in [5.74, 6) is -0.322. The van der Waals surface area contributed by atoms with Crippen molar-refractivity contribution in [2.75, 3.05) is 19.7 Å². The molecule has 0 aromatic heterocycles. The van der Waals surface area contributed by atoms with E-state index in [-0.39, 0.29) is 37.2 Å². The zero-order chi connectivity index (χ0) is 21.7. The second-order valence-electron chi connectivity index (χ2n) is 7.28. The zero-order valence-electron chi connectivity index (χ0n) is 16.5. The van der Waals surface area contributed by atoms with Crippen molar-refractivity contribution in [2.45, 2.75) is 32.0 Å². The molecule has 1 aliphatic heterocycles. The number of carbonyl (C=O) groups excluding carboxylic acids is 2. The number of hydrogen-bond donors (Lipinski definition) is 1. The lowest BCUT2D eigenvalue weighted by Gasteiger charge is -2.33. The van der Waals surface area contributed by atoms with Crippen LogP contribution in [-0.4, -0.2) is 42.5 Å². The molecule has 8 heteroatoms. The van der Waals surface area contributed by atoms with E-state index in [4.69, 9.17) is 4.74 Å². The fourth-order valence-electron chi connectivity index (χ4n) is 3.37. The zero-order valence-corrected chi connectivity index (χ0v) is 16.5. The van der Waals surface area contributed by atoms with Crippen LogP contribution in [0.15, 0.2) is 48.5 Å². The Balaban J connectivity index is 1.49. The van der Waals surface area contributed by atoms with E-state index in [2.05, 4.69) is 5.32 Å². The second kappa shape index (κ2) is 9.19. The van der Waals surface area contributed by atoms with Crippen molar-refractivity contribution in [1.82, 2.24) is 10.2 Å². The minimum absolute atomic E-state index is 0.124. The van der Waals surface area contributed by atoms with E-state index < -0.39 is 17.6 Å². The van der Waals surface area contributed by atoms with Gasteiger partial charge in [-0.15, -0.1) is 0 Å². The number of rotatable bonds is 5. The number of piperidine rings is 1. The number of halogens is 3. The number of likely N-dealkylation sites (tertiary alicyclic amines) is 1. The lowest BCUT2D eigenvalue weighted by Crippen LogP contribution is -2.47. The number of ether oxygens (including phenoxy) is 1. The lowest BCUT2D eigenvalue weighted by atomic mass is 10.0. The molecule has 0 saturated carbocycles. The van der Waals surface area contributed by atoms with E-state index in [0.717, 1.165) is 11.6 Å². The molecule has 3 rings (SSSR count). The van der Waals surface area contributed by atoms with Gasteiger partial charge in [-0.2, -0.15) is 13.2 Å². The molecule has 2 aromatic rings. The van der Waals surface area contributed by atoms with Crippen LogP contribution in [0.4, 0.5) is 13.2 Å². The van der Waals surface area contributed by atoms with Crippen LogP contribution in [0, 0.1) is 6.92 Å². The van der Waals surface area contributed by atoms with E-state index in [9.17, 15) is 22.8 Å². The molecule has 1 N–H and O–H groups in total. The number of carbonyl (C=O) groups is 2. The minimum atomic E-state index is -4.59. The van der Waals surface area contributed by atoms with Crippen molar-refractivity contribution in [3.8, 4) is 5.75 Å². The fourth-order valence-corrected chi connectivity index (χ4v) is 3.37. The van der Waals surface area contributed by atoms with Gasteiger partial charge in [-0.25, -0.2) is 0 Å². The Labute approximate surface area is 172 Å². The predicted molar refractivity (Wildman–Crippen MR) is 105 cm³/mol. The number of amides is 2. The normalized spacial score (nSPS) is 15.0. The van der Waals surface area contributed by atoms with Crippen molar-refractivity contribution in [1.29, 1.82) is 0 Å². The Kier molecular flexibility index (Phi) is 6.64. The first kappa shape index (κ1) is 21.7. The highest BCUT2D eigenvalue weighted by molar-refractivity contribution is 5.96. The van der Waals surface area contributed by atoms with Crippen LogP contribution < -0.4 is 10.1 Å². The van der Waals surface area contributed by atoms with Gasteiger partial charge in [0, 0.05) is 19.1 Å². The first-order valence-corrected chi connectivity index (χ1v) is 9.68. The van der Waals surface area contributed by atoms with Gasteiger partial charge in [0.15, 0.2) is 6.61 Å². The van der Waals surface area contributed by atoms with Gasteiger partial charge in [0.2, 0.25) is 0 Å². The quantitative estimate of drug-likeness (QED) is 0.800. The van der Waals surface area contributed by atoms with Crippen molar-refractivity contribution in [3.63, 3.8) is 0 Å². The molecule has 2 amide bonds. The average Bonchev–Trinajstić information content (AvgIpc) is 2.73. The molecule has 1 heterocycles. The first-order valence-electron chi connectivity index (χ1n) is 9.68. The summed E-state index contributed by atoms with van der Waals surface area (Å²) in [6, 6.07) is 12.0. The van der Waals surface area contributed by atoms with Crippen LogP contribution in [0.25, 0.3) is 0 Å². The van der Waals surface area contributed by atoms with Gasteiger partial charge < -0.3 is 15.0 Å². The molecule has 1 saturated heterocycles. The van der Waals surface area contributed by atoms with Crippen LogP contribution in [0.3, 0.4) is 0 Å². The third kappa shape index (κ3) is 5.52. The molecule has 0 unspecified atom stereocenters. The summed E-state index contributed by atoms with van der Waals surface area (Å²) >= 11 is 0. The Bertz CT molecular complexity index is 889. The molecule has 0 aliphatic carbocycles. The summed E-state index contributed by atoms with van der Waals surface area (Å²) in [5.41, 5.74) is -0.191. The highest BCUT2D eigenvalue weighted by atomic mass is 19.4. The Hall–Kier alpha value is -3.03. The Morgan fingerprint density at radius 3 is 2.33 bits per heavy atom. The van der Waals surface area contributed by atoms with E-state index in [0.29, 0.717) is 18.6 Å². The van der Waals surface area contributed by atoms with E-state index in [1.165, 1.54) is 23.1 Å². The highest BCUT2D eigenvalue weighted by Crippen LogP contribution is 2.32. The van der Waals surface area contributed by atoms with Crippen LogP contribution in [0.5, 0.6) is 5.75 Å². The third-order valence-corrected chi connectivity index (χ3v) is 5.00. The lowest BCUT2D eigenvalue weighted by molar-refractivity contribution is -0.138. The van der Waals surface area contributed by atoms with Crippen molar-refractivity contribution in [3.05, 3.63) is 65.2 Å². The molecule has 1 fully saturated rings. The van der Waals surface area contributed by atoms with Crippen LogP contribution in [-0.2, 0) is 11.0 Å². The van der Waals surface area contributed by atoms with Crippen molar-refractivity contribution >= 4 is 11.8 Å². The topological polar surface area (TPSA) is 58.6 Å². The van der Waals surface area contributed by atoms with Gasteiger partial charge in [0.1, 0.15) is 5.75 Å². The van der Waals surface area contributed by atoms with Crippen molar-refractivity contribution in [2.24, 2.45) is 0 Å². The summed E-state index contributed by atoms with van der Waals surface area (Å²) in [5, 5.41) is 2.85. The molecular weight excluding hydrogens is 397 g/mol. The van der Waals surface area contributed by atoms with Crippen LogP contribution >= 0.6 is 0 Å². The molecule has 0 bridgehead atoms. The van der Waals surface area contributed by atoms with Gasteiger partial charge >= 0.3 is 6.18 Å². The number of nitrogens with zero attached hydrogens (tertiary/aromatic N) is 1. The van der Waals surface area contributed by atoms with Crippen molar-refractivity contribution < 1.29 is 27.5 Å². The number of nitrogens with one attached hydrogen (secondary N) is 1. The van der Waals surface area contributed by atoms with E-state index in [1.54, 1.807) is 12.1 Å².